The number of amides is 2. The Labute approximate surface area is 180 Å². The van der Waals surface area contributed by atoms with Gasteiger partial charge in [-0.15, -0.1) is 0 Å². The van der Waals surface area contributed by atoms with Crippen LogP contribution in [0.25, 0.3) is 0 Å². The van der Waals surface area contributed by atoms with Crippen molar-refractivity contribution in [2.24, 2.45) is 23.2 Å². The summed E-state index contributed by atoms with van der Waals surface area (Å²) < 4.78 is 5.75. The number of ether oxygens (including phenoxy) is 1. The number of carbonyl (C=O) groups excluding carboxylic acids is 2. The summed E-state index contributed by atoms with van der Waals surface area (Å²) in [7, 11) is 0. The third-order valence-electron chi connectivity index (χ3n) is 7.69. The van der Waals surface area contributed by atoms with Gasteiger partial charge in [-0.2, -0.15) is 0 Å². The third kappa shape index (κ3) is 4.65. The van der Waals surface area contributed by atoms with Gasteiger partial charge in [0.1, 0.15) is 5.75 Å². The van der Waals surface area contributed by atoms with Gasteiger partial charge in [0.25, 0.3) is 5.91 Å². The van der Waals surface area contributed by atoms with Gasteiger partial charge in [-0.25, -0.2) is 0 Å². The molecule has 30 heavy (non-hydrogen) atoms. The van der Waals surface area contributed by atoms with E-state index in [2.05, 4.69) is 16.7 Å². The summed E-state index contributed by atoms with van der Waals surface area (Å²) in [6.45, 7) is 6.92. The molecule has 164 valence electrons. The van der Waals surface area contributed by atoms with Gasteiger partial charge in [0, 0.05) is 19.5 Å². The lowest BCUT2D eigenvalue weighted by atomic mass is 9.49. The molecule has 0 radical (unpaired) electrons. The number of aryl methyl sites for hydroxylation is 2. The predicted molar refractivity (Wildman–Crippen MR) is 117 cm³/mol. The van der Waals surface area contributed by atoms with Gasteiger partial charge >= 0.3 is 0 Å². The van der Waals surface area contributed by atoms with Crippen molar-refractivity contribution in [3.05, 3.63) is 28.8 Å². The maximum atomic E-state index is 12.5. The van der Waals surface area contributed by atoms with Crippen LogP contribution in [0.3, 0.4) is 0 Å². The van der Waals surface area contributed by atoms with Crippen LogP contribution >= 0.6 is 0 Å². The highest BCUT2D eigenvalue weighted by atomic mass is 16.5. The van der Waals surface area contributed by atoms with Crippen molar-refractivity contribution < 1.29 is 14.3 Å². The molecule has 0 atom stereocenters. The normalized spacial score (nSPS) is 29.0. The molecule has 2 amide bonds. The van der Waals surface area contributed by atoms with Gasteiger partial charge in [-0.1, -0.05) is 12.1 Å². The monoisotopic (exact) mass is 412 g/mol. The Bertz CT molecular complexity index is 782. The number of nitrogens with one attached hydrogen (secondary N) is 2. The average molecular weight is 413 g/mol. The topological polar surface area (TPSA) is 67.4 Å². The molecule has 4 aliphatic rings. The minimum atomic E-state index is -0.161. The summed E-state index contributed by atoms with van der Waals surface area (Å²) in [5, 5.41) is 5.86. The molecule has 1 aromatic rings. The second kappa shape index (κ2) is 8.60. The van der Waals surface area contributed by atoms with E-state index < -0.39 is 0 Å². The Hall–Kier alpha value is -2.04. The summed E-state index contributed by atoms with van der Waals surface area (Å²) in [6.07, 6.45) is 8.61. The molecule has 4 aliphatic carbocycles. The first kappa shape index (κ1) is 21.2. The van der Waals surface area contributed by atoms with Crippen molar-refractivity contribution in [2.45, 2.75) is 65.7 Å². The van der Waals surface area contributed by atoms with E-state index in [1.54, 1.807) is 0 Å². The summed E-state index contributed by atoms with van der Waals surface area (Å²) in [5.74, 6) is 3.37. The molecule has 0 heterocycles. The Morgan fingerprint density at radius 1 is 0.900 bits per heavy atom. The summed E-state index contributed by atoms with van der Waals surface area (Å²) in [6, 6.07) is 4.07. The lowest BCUT2D eigenvalue weighted by molar-refractivity contribution is -0.129. The molecule has 2 N–H and O–H groups in total. The smallest absolute Gasteiger partial charge is 0.258 e. The maximum Gasteiger partial charge on any atom is 0.258 e. The Morgan fingerprint density at radius 2 is 1.43 bits per heavy atom. The molecular formula is C25H36N2O3. The summed E-state index contributed by atoms with van der Waals surface area (Å²) in [4.78, 5) is 24.7. The molecule has 0 saturated heterocycles. The first-order valence-corrected chi connectivity index (χ1v) is 11.6. The molecule has 5 rings (SSSR count). The number of benzene rings is 1. The van der Waals surface area contributed by atoms with Crippen LogP contribution in [0.5, 0.6) is 5.75 Å². The Balaban J connectivity index is 1.15. The van der Waals surface area contributed by atoms with Crippen molar-refractivity contribution in [3.63, 3.8) is 0 Å². The first-order chi connectivity index (χ1) is 14.3. The van der Waals surface area contributed by atoms with E-state index in [4.69, 9.17) is 4.74 Å². The molecule has 0 unspecified atom stereocenters. The largest absolute Gasteiger partial charge is 0.483 e. The SMILES string of the molecule is Cc1ccc(C)c(OCC(=O)NCCNC(=O)CC23CC4CC(CC(C4)C2)C3)c1C. The molecule has 4 bridgehead atoms. The number of rotatable bonds is 8. The van der Waals surface area contributed by atoms with Crippen LogP contribution in [-0.2, 0) is 9.59 Å². The van der Waals surface area contributed by atoms with E-state index in [1.807, 2.05) is 26.8 Å². The highest BCUT2D eigenvalue weighted by Crippen LogP contribution is 2.61. The second-order valence-corrected chi connectivity index (χ2v) is 10.2. The van der Waals surface area contributed by atoms with Gasteiger partial charge in [-0.05, 0) is 99.2 Å². The van der Waals surface area contributed by atoms with Crippen molar-refractivity contribution >= 4 is 11.8 Å². The van der Waals surface area contributed by atoms with Gasteiger partial charge in [0.2, 0.25) is 5.91 Å². The van der Waals surface area contributed by atoms with Crippen LogP contribution in [0.4, 0.5) is 0 Å². The average Bonchev–Trinajstić information content (AvgIpc) is 2.67. The fraction of sp³-hybridized carbons (Fsp3) is 0.680. The highest BCUT2D eigenvalue weighted by molar-refractivity contribution is 5.78. The fourth-order valence-electron chi connectivity index (χ4n) is 6.65. The van der Waals surface area contributed by atoms with Crippen molar-refractivity contribution in [1.29, 1.82) is 0 Å². The zero-order valence-electron chi connectivity index (χ0n) is 18.7. The minimum Gasteiger partial charge on any atom is -0.483 e. The van der Waals surface area contributed by atoms with E-state index in [-0.39, 0.29) is 23.8 Å². The van der Waals surface area contributed by atoms with Crippen LogP contribution < -0.4 is 15.4 Å². The molecule has 0 aromatic heterocycles. The molecule has 5 heteroatoms. The fourth-order valence-corrected chi connectivity index (χ4v) is 6.65. The first-order valence-electron chi connectivity index (χ1n) is 11.6. The van der Waals surface area contributed by atoms with Crippen LogP contribution in [0, 0.1) is 43.9 Å². The zero-order chi connectivity index (χ0) is 21.3. The van der Waals surface area contributed by atoms with E-state index in [9.17, 15) is 9.59 Å². The maximum absolute atomic E-state index is 12.5. The minimum absolute atomic E-state index is 0.00758. The lowest BCUT2D eigenvalue weighted by Gasteiger charge is -2.56. The molecule has 1 aromatic carbocycles. The second-order valence-electron chi connectivity index (χ2n) is 10.2. The zero-order valence-corrected chi connectivity index (χ0v) is 18.7. The van der Waals surface area contributed by atoms with E-state index in [0.717, 1.165) is 40.2 Å². The van der Waals surface area contributed by atoms with E-state index in [1.165, 1.54) is 38.5 Å². The number of carbonyl (C=O) groups is 2. The molecule has 0 aliphatic heterocycles. The van der Waals surface area contributed by atoms with Gasteiger partial charge in [-0.3, -0.25) is 9.59 Å². The van der Waals surface area contributed by atoms with Crippen molar-refractivity contribution in [3.8, 4) is 5.75 Å². The molecule has 4 fully saturated rings. The Kier molecular flexibility index (Phi) is 6.08. The highest BCUT2D eigenvalue weighted by Gasteiger charge is 2.51. The van der Waals surface area contributed by atoms with Gasteiger partial charge in [0.15, 0.2) is 6.61 Å². The number of hydrogen-bond donors (Lipinski definition) is 2. The molecule has 5 nitrogen and oxygen atoms in total. The van der Waals surface area contributed by atoms with Crippen LogP contribution in [0.15, 0.2) is 12.1 Å². The van der Waals surface area contributed by atoms with Crippen LogP contribution in [0.1, 0.15) is 61.6 Å². The third-order valence-corrected chi connectivity index (χ3v) is 7.69. The van der Waals surface area contributed by atoms with Crippen molar-refractivity contribution in [2.75, 3.05) is 19.7 Å². The molecule has 0 spiro atoms. The van der Waals surface area contributed by atoms with Crippen LogP contribution in [0.2, 0.25) is 0 Å². The molecular weight excluding hydrogens is 376 g/mol. The van der Waals surface area contributed by atoms with Crippen molar-refractivity contribution in [1.82, 2.24) is 10.6 Å². The summed E-state index contributed by atoms with van der Waals surface area (Å²) in [5.41, 5.74) is 3.51. The lowest BCUT2D eigenvalue weighted by Crippen LogP contribution is -2.48. The van der Waals surface area contributed by atoms with Gasteiger partial charge in [0.05, 0.1) is 0 Å². The van der Waals surface area contributed by atoms with E-state index in [0.29, 0.717) is 19.5 Å². The predicted octanol–water partition coefficient (Wildman–Crippen LogP) is 3.83. The quantitative estimate of drug-likeness (QED) is 0.638. The standard InChI is InChI=1S/C25H36N2O3/c1-16-4-5-17(2)24(18(16)3)30-15-23(29)27-7-6-26-22(28)14-25-11-19-8-20(12-25)10-21(9-19)13-25/h4-5,19-21H,6-15H2,1-3H3,(H,26,28)(H,27,29). The van der Waals surface area contributed by atoms with Crippen LogP contribution in [-0.4, -0.2) is 31.5 Å². The molecule has 4 saturated carbocycles. The van der Waals surface area contributed by atoms with E-state index >= 15 is 0 Å². The number of hydrogen-bond acceptors (Lipinski definition) is 3. The Morgan fingerprint density at radius 3 is 2.03 bits per heavy atom. The van der Waals surface area contributed by atoms with Gasteiger partial charge < -0.3 is 15.4 Å². The summed E-state index contributed by atoms with van der Waals surface area (Å²) >= 11 is 0.